The van der Waals surface area contributed by atoms with Gasteiger partial charge in [-0.1, -0.05) is 12.1 Å². The molecule has 0 bridgehead atoms. The van der Waals surface area contributed by atoms with Crippen LogP contribution in [0.2, 0.25) is 0 Å². The summed E-state index contributed by atoms with van der Waals surface area (Å²) in [6, 6.07) is 17.2. The molecule has 1 fully saturated rings. The van der Waals surface area contributed by atoms with Crippen LogP contribution >= 0.6 is 0 Å². The van der Waals surface area contributed by atoms with E-state index in [0.717, 1.165) is 48.9 Å². The SMILES string of the molecule is COc1ccc(CNC(=O)C(=O)NCC(c2ccco2)N2CCN(c3ccc(F)cc3)CC2)cc1. The molecule has 3 aromatic rings. The van der Waals surface area contributed by atoms with Gasteiger partial charge in [-0.3, -0.25) is 14.5 Å². The molecule has 1 saturated heterocycles. The Morgan fingerprint density at radius 1 is 0.971 bits per heavy atom. The number of benzene rings is 2. The Kier molecular flexibility index (Phi) is 7.99. The maximum atomic E-state index is 13.2. The predicted molar refractivity (Wildman–Crippen MR) is 129 cm³/mol. The Morgan fingerprint density at radius 3 is 2.29 bits per heavy atom. The third kappa shape index (κ3) is 6.39. The number of rotatable bonds is 8. The third-order valence-corrected chi connectivity index (χ3v) is 6.09. The number of anilines is 1. The number of carbonyl (C=O) groups is 2. The normalized spacial score (nSPS) is 14.9. The van der Waals surface area contributed by atoms with Gasteiger partial charge in [-0.15, -0.1) is 0 Å². The van der Waals surface area contributed by atoms with Crippen LogP contribution in [0.1, 0.15) is 17.4 Å². The summed E-state index contributed by atoms with van der Waals surface area (Å²) in [4.78, 5) is 29.2. The van der Waals surface area contributed by atoms with Crippen molar-refractivity contribution in [2.45, 2.75) is 12.6 Å². The number of nitrogens with one attached hydrogen (secondary N) is 2. The largest absolute Gasteiger partial charge is 0.497 e. The molecule has 8 nitrogen and oxygen atoms in total. The van der Waals surface area contributed by atoms with E-state index < -0.39 is 11.8 Å². The lowest BCUT2D eigenvalue weighted by molar-refractivity contribution is -0.139. The van der Waals surface area contributed by atoms with Crippen LogP contribution < -0.4 is 20.3 Å². The second-order valence-electron chi connectivity index (χ2n) is 8.27. The summed E-state index contributed by atoms with van der Waals surface area (Å²) in [5.74, 6) is -0.200. The zero-order valence-electron chi connectivity index (χ0n) is 19.6. The van der Waals surface area contributed by atoms with Crippen molar-refractivity contribution in [2.24, 2.45) is 0 Å². The fraction of sp³-hybridized carbons (Fsp3) is 0.308. The van der Waals surface area contributed by atoms with Gasteiger partial charge in [0.1, 0.15) is 17.3 Å². The van der Waals surface area contributed by atoms with Gasteiger partial charge in [-0.05, 0) is 54.1 Å². The monoisotopic (exact) mass is 480 g/mol. The zero-order valence-corrected chi connectivity index (χ0v) is 19.6. The highest BCUT2D eigenvalue weighted by Crippen LogP contribution is 2.24. The number of amides is 2. The van der Waals surface area contributed by atoms with E-state index in [0.29, 0.717) is 0 Å². The molecule has 2 amide bonds. The molecule has 0 radical (unpaired) electrons. The molecule has 2 N–H and O–H groups in total. The van der Waals surface area contributed by atoms with E-state index in [2.05, 4.69) is 20.4 Å². The van der Waals surface area contributed by atoms with E-state index >= 15 is 0 Å². The van der Waals surface area contributed by atoms with Gasteiger partial charge in [0, 0.05) is 45.0 Å². The molecule has 1 aliphatic heterocycles. The van der Waals surface area contributed by atoms with Crippen molar-refractivity contribution in [2.75, 3.05) is 44.7 Å². The Balaban J connectivity index is 1.30. The van der Waals surface area contributed by atoms with Crippen molar-refractivity contribution in [3.05, 3.63) is 84.1 Å². The Bertz CT molecular complexity index is 1100. The Labute approximate surface area is 203 Å². The maximum Gasteiger partial charge on any atom is 0.309 e. The van der Waals surface area contributed by atoms with Crippen molar-refractivity contribution in [3.8, 4) is 5.75 Å². The number of furan rings is 1. The molecule has 4 rings (SSSR count). The van der Waals surface area contributed by atoms with Gasteiger partial charge in [0.2, 0.25) is 0 Å². The molecule has 9 heteroatoms. The first kappa shape index (κ1) is 24.3. The van der Waals surface area contributed by atoms with E-state index in [-0.39, 0.29) is 24.9 Å². The van der Waals surface area contributed by atoms with Gasteiger partial charge in [0.25, 0.3) is 0 Å². The minimum atomic E-state index is -0.694. The van der Waals surface area contributed by atoms with E-state index in [1.54, 1.807) is 43.7 Å². The number of methoxy groups -OCH3 is 1. The summed E-state index contributed by atoms with van der Waals surface area (Å²) in [6.45, 7) is 3.42. The third-order valence-electron chi connectivity index (χ3n) is 6.09. The number of hydrogen-bond donors (Lipinski definition) is 2. The summed E-state index contributed by atoms with van der Waals surface area (Å²) in [5.41, 5.74) is 1.84. The zero-order chi connectivity index (χ0) is 24.6. The van der Waals surface area contributed by atoms with Crippen LogP contribution in [-0.4, -0.2) is 56.5 Å². The summed E-state index contributed by atoms with van der Waals surface area (Å²) in [5, 5.41) is 5.38. The fourth-order valence-corrected chi connectivity index (χ4v) is 4.11. The molecular formula is C26H29FN4O4. The number of hydrogen-bond acceptors (Lipinski definition) is 6. The van der Waals surface area contributed by atoms with E-state index in [1.165, 1.54) is 12.1 Å². The summed E-state index contributed by atoms with van der Waals surface area (Å²) in [6.07, 6.45) is 1.60. The second kappa shape index (κ2) is 11.5. The van der Waals surface area contributed by atoms with Gasteiger partial charge in [-0.2, -0.15) is 0 Å². The first-order valence-corrected chi connectivity index (χ1v) is 11.5. The van der Waals surface area contributed by atoms with Crippen LogP contribution in [0, 0.1) is 5.82 Å². The lowest BCUT2D eigenvalue weighted by atomic mass is 10.1. The quantitative estimate of drug-likeness (QED) is 0.482. The van der Waals surface area contributed by atoms with Gasteiger partial charge >= 0.3 is 11.8 Å². The van der Waals surface area contributed by atoms with E-state index in [4.69, 9.17) is 9.15 Å². The standard InChI is InChI=1S/C26H29FN4O4/c1-34-22-10-4-19(5-11-22)17-28-25(32)26(33)29-18-23(24-3-2-16-35-24)31-14-12-30(13-15-31)21-8-6-20(27)7-9-21/h2-11,16,23H,12-15,17-18H2,1H3,(H,28,32)(H,29,33). The van der Waals surface area contributed by atoms with Crippen LogP contribution in [0.15, 0.2) is 71.3 Å². The number of piperazine rings is 1. The van der Waals surface area contributed by atoms with Crippen molar-refractivity contribution in [1.82, 2.24) is 15.5 Å². The predicted octanol–water partition coefficient (Wildman–Crippen LogP) is 2.72. The number of halogens is 1. The maximum absolute atomic E-state index is 13.2. The van der Waals surface area contributed by atoms with Gasteiger partial charge in [0.15, 0.2) is 0 Å². The number of carbonyl (C=O) groups excluding carboxylic acids is 2. The van der Waals surface area contributed by atoms with Crippen molar-refractivity contribution < 1.29 is 23.1 Å². The van der Waals surface area contributed by atoms with Crippen LogP contribution in [0.5, 0.6) is 5.75 Å². The molecule has 2 heterocycles. The fourth-order valence-electron chi connectivity index (χ4n) is 4.11. The molecule has 184 valence electrons. The molecule has 1 aromatic heterocycles. The summed E-state index contributed by atoms with van der Waals surface area (Å²) >= 11 is 0. The number of nitrogens with zero attached hydrogens (tertiary/aromatic N) is 2. The van der Waals surface area contributed by atoms with Crippen LogP contribution in [0.25, 0.3) is 0 Å². The first-order valence-electron chi connectivity index (χ1n) is 11.5. The number of ether oxygens (including phenoxy) is 1. The highest BCUT2D eigenvalue weighted by Gasteiger charge is 2.28. The summed E-state index contributed by atoms with van der Waals surface area (Å²) < 4.78 is 24.0. The van der Waals surface area contributed by atoms with Crippen LogP contribution in [-0.2, 0) is 16.1 Å². The van der Waals surface area contributed by atoms with Gasteiger partial charge in [-0.25, -0.2) is 4.39 Å². The molecule has 0 aliphatic carbocycles. The molecule has 0 saturated carbocycles. The van der Waals surface area contributed by atoms with E-state index in [9.17, 15) is 14.0 Å². The Hall–Kier alpha value is -3.85. The van der Waals surface area contributed by atoms with Crippen molar-refractivity contribution >= 4 is 17.5 Å². The average Bonchev–Trinajstić information content (AvgIpc) is 3.43. The highest BCUT2D eigenvalue weighted by molar-refractivity contribution is 6.35. The molecule has 1 aliphatic rings. The molecule has 0 spiro atoms. The second-order valence-corrected chi connectivity index (χ2v) is 8.27. The average molecular weight is 481 g/mol. The van der Waals surface area contributed by atoms with Crippen LogP contribution in [0.4, 0.5) is 10.1 Å². The molecule has 35 heavy (non-hydrogen) atoms. The minimum Gasteiger partial charge on any atom is -0.497 e. The van der Waals surface area contributed by atoms with Crippen molar-refractivity contribution in [3.63, 3.8) is 0 Å². The van der Waals surface area contributed by atoms with Crippen LogP contribution in [0.3, 0.4) is 0 Å². The Morgan fingerprint density at radius 2 is 1.66 bits per heavy atom. The first-order chi connectivity index (χ1) is 17.0. The smallest absolute Gasteiger partial charge is 0.309 e. The lowest BCUT2D eigenvalue weighted by Crippen LogP contribution is -2.50. The summed E-state index contributed by atoms with van der Waals surface area (Å²) in [7, 11) is 1.59. The van der Waals surface area contributed by atoms with Gasteiger partial charge < -0.3 is 24.7 Å². The lowest BCUT2D eigenvalue weighted by Gasteiger charge is -2.39. The molecule has 2 aromatic carbocycles. The minimum absolute atomic E-state index is 0.210. The molecular weight excluding hydrogens is 451 g/mol. The molecule has 1 unspecified atom stereocenters. The molecule has 1 atom stereocenters. The van der Waals surface area contributed by atoms with Crippen molar-refractivity contribution in [1.29, 1.82) is 0 Å². The highest BCUT2D eigenvalue weighted by atomic mass is 19.1. The van der Waals surface area contributed by atoms with Gasteiger partial charge in [0.05, 0.1) is 19.4 Å². The topological polar surface area (TPSA) is 87.0 Å². The van der Waals surface area contributed by atoms with E-state index in [1.807, 2.05) is 18.2 Å².